The minimum absolute atomic E-state index is 0.00119. The highest BCUT2D eigenvalue weighted by molar-refractivity contribution is 6.29. The van der Waals surface area contributed by atoms with E-state index < -0.39 is 5.97 Å². The van der Waals surface area contributed by atoms with Crippen molar-refractivity contribution >= 4 is 17.6 Å². The first-order valence-electron chi connectivity index (χ1n) is 4.53. The molecule has 0 aliphatic rings. The van der Waals surface area contributed by atoms with Crippen molar-refractivity contribution in [2.24, 2.45) is 5.11 Å². The van der Waals surface area contributed by atoms with Crippen LogP contribution in [-0.4, -0.2) is 22.6 Å². The van der Waals surface area contributed by atoms with Crippen molar-refractivity contribution in [3.05, 3.63) is 39.0 Å². The smallest absolute Gasteiger partial charge is 0.337 e. The molecule has 0 unspecified atom stereocenters. The topological polar surface area (TPSA) is 99.0 Å². The molecule has 7 heteroatoms. The van der Waals surface area contributed by atoms with Crippen LogP contribution in [0.2, 0.25) is 5.15 Å². The lowest BCUT2D eigenvalue weighted by Gasteiger charge is -1.98. The zero-order valence-electron chi connectivity index (χ0n) is 8.59. The molecule has 1 aromatic rings. The summed E-state index contributed by atoms with van der Waals surface area (Å²) in [7, 11) is 0. The van der Waals surface area contributed by atoms with Gasteiger partial charge in [-0.3, -0.25) is 0 Å². The van der Waals surface area contributed by atoms with Gasteiger partial charge in [-0.25, -0.2) is 9.78 Å². The van der Waals surface area contributed by atoms with E-state index in [1.54, 1.807) is 0 Å². The number of pyridine rings is 1. The van der Waals surface area contributed by atoms with E-state index >= 15 is 0 Å². The molecule has 0 atom stereocenters. The Morgan fingerprint density at radius 2 is 2.47 bits per heavy atom. The molecular formula is C10H7ClN4O2. The minimum atomic E-state index is -1.12. The molecule has 1 aromatic heterocycles. The summed E-state index contributed by atoms with van der Waals surface area (Å²) in [6, 6.07) is 1.24. The molecule has 0 aliphatic heterocycles. The zero-order valence-corrected chi connectivity index (χ0v) is 9.35. The van der Waals surface area contributed by atoms with Gasteiger partial charge in [0.1, 0.15) is 5.15 Å². The molecule has 0 spiro atoms. The highest BCUT2D eigenvalue weighted by Gasteiger charge is 2.09. The van der Waals surface area contributed by atoms with Crippen LogP contribution in [0.25, 0.3) is 10.4 Å². The standard InChI is InChI=1S/C10H7ClN4O2/c11-9-5-8(10(16)17)7(6-13-9)3-1-2-4-14-15-12/h5-6H,2,4H2,(H,16,17). The fourth-order valence-electron chi connectivity index (χ4n) is 1.01. The number of carbonyl (C=O) groups is 1. The summed E-state index contributed by atoms with van der Waals surface area (Å²) < 4.78 is 0. The van der Waals surface area contributed by atoms with E-state index in [9.17, 15) is 4.79 Å². The number of rotatable bonds is 3. The molecule has 6 nitrogen and oxygen atoms in total. The molecule has 0 saturated heterocycles. The summed E-state index contributed by atoms with van der Waals surface area (Å²) in [4.78, 5) is 17.2. The maximum atomic E-state index is 10.9. The number of hydrogen-bond acceptors (Lipinski definition) is 3. The van der Waals surface area contributed by atoms with E-state index in [1.165, 1.54) is 12.3 Å². The number of aromatic carboxylic acids is 1. The third-order valence-corrected chi connectivity index (χ3v) is 1.93. The van der Waals surface area contributed by atoms with Gasteiger partial charge in [0.05, 0.1) is 11.1 Å². The molecule has 0 amide bonds. The first-order valence-corrected chi connectivity index (χ1v) is 4.91. The van der Waals surface area contributed by atoms with Crippen LogP contribution in [0.3, 0.4) is 0 Å². The van der Waals surface area contributed by atoms with Crippen LogP contribution in [0.1, 0.15) is 22.3 Å². The maximum Gasteiger partial charge on any atom is 0.337 e. The van der Waals surface area contributed by atoms with Crippen LogP contribution < -0.4 is 0 Å². The van der Waals surface area contributed by atoms with Crippen LogP contribution in [0.5, 0.6) is 0 Å². The molecule has 0 aromatic carbocycles. The average Bonchev–Trinajstić information content (AvgIpc) is 2.30. The third-order valence-electron chi connectivity index (χ3n) is 1.72. The van der Waals surface area contributed by atoms with Gasteiger partial charge in [-0.05, 0) is 11.6 Å². The second-order valence-electron chi connectivity index (χ2n) is 2.86. The van der Waals surface area contributed by atoms with Gasteiger partial charge in [-0.2, -0.15) is 0 Å². The predicted molar refractivity (Wildman–Crippen MR) is 61.7 cm³/mol. The molecule has 1 N–H and O–H groups in total. The molecule has 0 saturated carbocycles. The summed E-state index contributed by atoms with van der Waals surface area (Å²) in [6.45, 7) is 0.243. The Bertz CT molecular complexity index is 541. The summed E-state index contributed by atoms with van der Waals surface area (Å²) in [6.07, 6.45) is 1.65. The number of hydrogen-bond donors (Lipinski definition) is 1. The van der Waals surface area contributed by atoms with Crippen molar-refractivity contribution in [2.45, 2.75) is 6.42 Å². The molecule has 0 bridgehead atoms. The Morgan fingerprint density at radius 3 is 3.12 bits per heavy atom. The zero-order chi connectivity index (χ0) is 12.7. The Hall–Kier alpha value is -2.22. The Balaban J connectivity index is 2.90. The number of carboxylic acids is 1. The summed E-state index contributed by atoms with van der Waals surface area (Å²) in [5.74, 6) is 4.22. The Kier molecular flexibility index (Phi) is 4.82. The molecule has 1 rings (SSSR count). The first-order chi connectivity index (χ1) is 8.15. The lowest BCUT2D eigenvalue weighted by molar-refractivity contribution is 0.0696. The van der Waals surface area contributed by atoms with E-state index in [4.69, 9.17) is 22.2 Å². The van der Waals surface area contributed by atoms with Gasteiger partial charge in [-0.15, -0.1) is 0 Å². The number of aromatic nitrogens is 1. The monoisotopic (exact) mass is 250 g/mol. The second-order valence-corrected chi connectivity index (χ2v) is 3.25. The van der Waals surface area contributed by atoms with Gasteiger partial charge >= 0.3 is 5.97 Å². The van der Waals surface area contributed by atoms with E-state index in [-0.39, 0.29) is 22.8 Å². The lowest BCUT2D eigenvalue weighted by Crippen LogP contribution is -2.01. The van der Waals surface area contributed by atoms with Crippen LogP contribution in [0.4, 0.5) is 0 Å². The van der Waals surface area contributed by atoms with Gasteiger partial charge < -0.3 is 5.11 Å². The second kappa shape index (κ2) is 6.38. The lowest BCUT2D eigenvalue weighted by atomic mass is 10.1. The molecular weight excluding hydrogens is 244 g/mol. The number of carboxylic acid groups (broad SMARTS) is 1. The normalized spacial score (nSPS) is 8.76. The third kappa shape index (κ3) is 4.03. The predicted octanol–water partition coefficient (Wildman–Crippen LogP) is 2.49. The van der Waals surface area contributed by atoms with Crippen LogP contribution in [0.15, 0.2) is 17.4 Å². The molecule has 0 radical (unpaired) electrons. The van der Waals surface area contributed by atoms with Crippen molar-refractivity contribution < 1.29 is 9.90 Å². The number of halogens is 1. The Labute approximate surface area is 102 Å². The molecule has 1 heterocycles. The van der Waals surface area contributed by atoms with E-state index in [0.29, 0.717) is 6.42 Å². The minimum Gasteiger partial charge on any atom is -0.478 e. The first kappa shape index (κ1) is 12.8. The quantitative estimate of drug-likeness (QED) is 0.223. The molecule has 0 fully saturated rings. The van der Waals surface area contributed by atoms with Gasteiger partial charge in [0.25, 0.3) is 0 Å². The van der Waals surface area contributed by atoms with Gasteiger partial charge in [0, 0.05) is 24.1 Å². The van der Waals surface area contributed by atoms with E-state index in [2.05, 4.69) is 26.9 Å². The highest BCUT2D eigenvalue weighted by atomic mass is 35.5. The average molecular weight is 251 g/mol. The fraction of sp³-hybridized carbons (Fsp3) is 0.200. The SMILES string of the molecule is [N-]=[N+]=NCCC#Cc1cnc(Cl)cc1C(=O)O. The summed E-state index contributed by atoms with van der Waals surface area (Å²) in [5.41, 5.74) is 8.32. The van der Waals surface area contributed by atoms with E-state index in [0.717, 1.165) is 0 Å². The van der Waals surface area contributed by atoms with Crippen molar-refractivity contribution in [3.63, 3.8) is 0 Å². The number of nitrogens with zero attached hydrogens (tertiary/aromatic N) is 4. The Morgan fingerprint density at radius 1 is 1.71 bits per heavy atom. The number of azide groups is 1. The van der Waals surface area contributed by atoms with Crippen molar-refractivity contribution in [2.75, 3.05) is 6.54 Å². The van der Waals surface area contributed by atoms with Gasteiger partial charge in [-0.1, -0.05) is 28.6 Å². The van der Waals surface area contributed by atoms with Crippen molar-refractivity contribution in [3.8, 4) is 11.8 Å². The molecule has 0 aliphatic carbocycles. The van der Waals surface area contributed by atoms with Crippen LogP contribution >= 0.6 is 11.6 Å². The van der Waals surface area contributed by atoms with Gasteiger partial charge in [0.15, 0.2) is 0 Å². The molecule has 17 heavy (non-hydrogen) atoms. The fourth-order valence-corrected chi connectivity index (χ4v) is 1.17. The van der Waals surface area contributed by atoms with Crippen molar-refractivity contribution in [1.82, 2.24) is 4.98 Å². The summed E-state index contributed by atoms with van der Waals surface area (Å²) >= 11 is 5.59. The van der Waals surface area contributed by atoms with E-state index in [1.807, 2.05) is 0 Å². The van der Waals surface area contributed by atoms with Crippen LogP contribution in [-0.2, 0) is 0 Å². The van der Waals surface area contributed by atoms with Gasteiger partial charge in [0.2, 0.25) is 0 Å². The highest BCUT2D eigenvalue weighted by Crippen LogP contribution is 2.12. The molecule has 86 valence electrons. The largest absolute Gasteiger partial charge is 0.478 e. The maximum absolute atomic E-state index is 10.9. The van der Waals surface area contributed by atoms with Crippen molar-refractivity contribution in [1.29, 1.82) is 0 Å². The van der Waals surface area contributed by atoms with Crippen LogP contribution in [0, 0.1) is 11.8 Å². The summed E-state index contributed by atoms with van der Waals surface area (Å²) in [5, 5.41) is 12.3.